The van der Waals surface area contributed by atoms with Crippen molar-refractivity contribution in [1.82, 2.24) is 4.98 Å². The van der Waals surface area contributed by atoms with Gasteiger partial charge in [0.15, 0.2) is 5.69 Å². The van der Waals surface area contributed by atoms with Crippen LogP contribution in [-0.2, 0) is 0 Å². The van der Waals surface area contributed by atoms with Gasteiger partial charge < -0.3 is 5.11 Å². The first-order valence-electron chi connectivity index (χ1n) is 4.84. The van der Waals surface area contributed by atoms with E-state index in [1.165, 1.54) is 12.3 Å². The fraction of sp³-hybridized carbons (Fsp3) is 0. The molecule has 0 aliphatic rings. The molecular weight excluding hydrogens is 296 g/mol. The first-order chi connectivity index (χ1) is 8.50. The second kappa shape index (κ2) is 5.14. The molecule has 3 nitrogen and oxygen atoms in total. The number of hydrogen-bond donors (Lipinski definition) is 1. The lowest BCUT2D eigenvalue weighted by Crippen LogP contribution is -2.03. The Morgan fingerprint density at radius 1 is 1.17 bits per heavy atom. The Morgan fingerprint density at radius 3 is 2.33 bits per heavy atom. The molecule has 1 aromatic carbocycles. The van der Waals surface area contributed by atoms with E-state index in [1.807, 2.05) is 0 Å². The van der Waals surface area contributed by atoms with E-state index in [2.05, 4.69) is 4.98 Å². The van der Waals surface area contributed by atoms with Crippen molar-refractivity contribution in [1.29, 1.82) is 0 Å². The number of pyridine rings is 1. The molecule has 1 heterocycles. The van der Waals surface area contributed by atoms with Gasteiger partial charge in [-0.1, -0.05) is 40.9 Å². The number of rotatable bonds is 2. The molecule has 0 radical (unpaired) electrons. The van der Waals surface area contributed by atoms with E-state index >= 15 is 0 Å². The summed E-state index contributed by atoms with van der Waals surface area (Å²) >= 11 is 17.9. The van der Waals surface area contributed by atoms with Crippen LogP contribution in [0.25, 0.3) is 11.1 Å². The van der Waals surface area contributed by atoms with Gasteiger partial charge >= 0.3 is 5.97 Å². The largest absolute Gasteiger partial charge is 0.476 e. The molecule has 1 aromatic heterocycles. The van der Waals surface area contributed by atoms with Gasteiger partial charge in [0, 0.05) is 27.4 Å². The molecule has 0 saturated heterocycles. The molecule has 2 aromatic rings. The topological polar surface area (TPSA) is 50.2 Å². The van der Waals surface area contributed by atoms with Gasteiger partial charge in [0.2, 0.25) is 0 Å². The van der Waals surface area contributed by atoms with Crippen molar-refractivity contribution < 1.29 is 9.90 Å². The van der Waals surface area contributed by atoms with Crippen molar-refractivity contribution in [3.63, 3.8) is 0 Å². The highest BCUT2D eigenvalue weighted by Crippen LogP contribution is 2.36. The van der Waals surface area contributed by atoms with E-state index in [0.29, 0.717) is 26.2 Å². The molecule has 0 spiro atoms. The summed E-state index contributed by atoms with van der Waals surface area (Å²) in [6.45, 7) is 0. The molecule has 0 fully saturated rings. The van der Waals surface area contributed by atoms with E-state index < -0.39 is 5.97 Å². The summed E-state index contributed by atoms with van der Waals surface area (Å²) in [7, 11) is 0. The molecule has 18 heavy (non-hydrogen) atoms. The third-order valence-corrected chi connectivity index (χ3v) is 3.13. The highest BCUT2D eigenvalue weighted by Gasteiger charge is 2.18. The Balaban J connectivity index is 2.77. The maximum absolute atomic E-state index is 11.1. The highest BCUT2D eigenvalue weighted by atomic mass is 35.5. The second-order valence-corrected chi connectivity index (χ2v) is 4.70. The minimum Gasteiger partial charge on any atom is -0.476 e. The number of hydrogen-bond acceptors (Lipinski definition) is 2. The third kappa shape index (κ3) is 2.43. The van der Waals surface area contributed by atoms with E-state index in [4.69, 9.17) is 39.9 Å². The average molecular weight is 303 g/mol. The summed E-state index contributed by atoms with van der Waals surface area (Å²) in [5, 5.41) is 10.1. The van der Waals surface area contributed by atoms with Gasteiger partial charge in [0.25, 0.3) is 0 Å². The van der Waals surface area contributed by atoms with Crippen LogP contribution in [-0.4, -0.2) is 16.1 Å². The van der Waals surface area contributed by atoms with Crippen LogP contribution in [0.3, 0.4) is 0 Å². The van der Waals surface area contributed by atoms with Gasteiger partial charge in [-0.25, -0.2) is 9.78 Å². The molecule has 0 aliphatic heterocycles. The van der Waals surface area contributed by atoms with Gasteiger partial charge in [-0.3, -0.25) is 0 Å². The molecule has 0 aliphatic carbocycles. The zero-order chi connectivity index (χ0) is 13.3. The Labute approximate surface area is 118 Å². The molecule has 1 N–H and O–H groups in total. The van der Waals surface area contributed by atoms with Crippen LogP contribution < -0.4 is 0 Å². The summed E-state index contributed by atoms with van der Waals surface area (Å²) in [5.74, 6) is -1.17. The zero-order valence-electron chi connectivity index (χ0n) is 8.82. The lowest BCUT2D eigenvalue weighted by molar-refractivity contribution is 0.0691. The molecule has 0 bridgehead atoms. The number of aromatic carboxylic acids is 1. The summed E-state index contributed by atoms with van der Waals surface area (Å²) in [6, 6.07) is 6.39. The normalized spacial score (nSPS) is 10.4. The predicted molar refractivity (Wildman–Crippen MR) is 71.7 cm³/mol. The first-order valence-corrected chi connectivity index (χ1v) is 5.97. The number of carboxylic acid groups (broad SMARTS) is 1. The van der Waals surface area contributed by atoms with Crippen LogP contribution in [0, 0.1) is 0 Å². The minimum absolute atomic E-state index is 0.144. The summed E-state index contributed by atoms with van der Waals surface area (Å²) in [6.07, 6.45) is 1.26. The average Bonchev–Trinajstić information content (AvgIpc) is 2.28. The lowest BCUT2D eigenvalue weighted by Gasteiger charge is -2.09. The summed E-state index contributed by atoms with van der Waals surface area (Å²) in [4.78, 5) is 14.9. The monoisotopic (exact) mass is 301 g/mol. The van der Waals surface area contributed by atoms with E-state index in [0.717, 1.165) is 0 Å². The lowest BCUT2D eigenvalue weighted by atomic mass is 10.0. The predicted octanol–water partition coefficient (Wildman–Crippen LogP) is 4.41. The Morgan fingerprint density at radius 2 is 1.78 bits per heavy atom. The molecular formula is C12H6Cl3NO2. The van der Waals surface area contributed by atoms with Crippen molar-refractivity contribution in [2.75, 3.05) is 0 Å². The first kappa shape index (κ1) is 13.1. The molecule has 0 saturated carbocycles. The fourth-order valence-electron chi connectivity index (χ4n) is 1.56. The number of carboxylic acids is 1. The highest BCUT2D eigenvalue weighted by molar-refractivity contribution is 6.39. The third-order valence-electron chi connectivity index (χ3n) is 2.29. The maximum Gasteiger partial charge on any atom is 0.355 e. The molecule has 92 valence electrons. The van der Waals surface area contributed by atoms with Crippen molar-refractivity contribution >= 4 is 40.8 Å². The van der Waals surface area contributed by atoms with Crippen molar-refractivity contribution in [2.45, 2.75) is 0 Å². The van der Waals surface area contributed by atoms with E-state index in [1.54, 1.807) is 18.2 Å². The molecule has 0 amide bonds. The smallest absolute Gasteiger partial charge is 0.355 e. The van der Waals surface area contributed by atoms with Gasteiger partial charge in [-0.15, -0.1) is 0 Å². The number of benzene rings is 1. The molecule has 2 rings (SSSR count). The second-order valence-electron chi connectivity index (χ2n) is 3.45. The van der Waals surface area contributed by atoms with Crippen LogP contribution in [0.4, 0.5) is 0 Å². The number of carbonyl (C=O) groups is 1. The molecule has 0 atom stereocenters. The fourth-order valence-corrected chi connectivity index (χ4v) is 2.31. The number of halogens is 3. The SMILES string of the molecule is O=C(O)c1ncc(Cl)cc1-c1c(Cl)cccc1Cl. The van der Waals surface area contributed by atoms with Gasteiger partial charge in [0.05, 0.1) is 5.02 Å². The molecule has 0 unspecified atom stereocenters. The van der Waals surface area contributed by atoms with Crippen LogP contribution >= 0.6 is 34.8 Å². The standard InChI is InChI=1S/C12H6Cl3NO2/c13-6-4-7(11(12(17)18)16-5-6)10-8(14)2-1-3-9(10)15/h1-5H,(H,17,18). The van der Waals surface area contributed by atoms with Crippen LogP contribution in [0.15, 0.2) is 30.5 Å². The van der Waals surface area contributed by atoms with Crippen molar-refractivity contribution in [2.24, 2.45) is 0 Å². The quantitative estimate of drug-likeness (QED) is 0.894. The Kier molecular flexibility index (Phi) is 3.76. The zero-order valence-corrected chi connectivity index (χ0v) is 11.1. The van der Waals surface area contributed by atoms with Crippen LogP contribution in [0.2, 0.25) is 15.1 Å². The Hall–Kier alpha value is -1.29. The minimum atomic E-state index is -1.17. The van der Waals surface area contributed by atoms with E-state index in [-0.39, 0.29) is 5.69 Å². The van der Waals surface area contributed by atoms with Gasteiger partial charge in [-0.2, -0.15) is 0 Å². The Bertz CT molecular complexity index is 608. The van der Waals surface area contributed by atoms with Crippen molar-refractivity contribution in [3.8, 4) is 11.1 Å². The van der Waals surface area contributed by atoms with Gasteiger partial charge in [0.1, 0.15) is 0 Å². The van der Waals surface area contributed by atoms with Crippen LogP contribution in [0.1, 0.15) is 10.5 Å². The molecule has 6 heteroatoms. The van der Waals surface area contributed by atoms with Gasteiger partial charge in [-0.05, 0) is 18.2 Å². The summed E-state index contributed by atoms with van der Waals surface area (Å²) < 4.78 is 0. The van der Waals surface area contributed by atoms with Crippen LogP contribution in [0.5, 0.6) is 0 Å². The summed E-state index contributed by atoms with van der Waals surface area (Å²) in [5.41, 5.74) is 0.563. The van der Waals surface area contributed by atoms with E-state index in [9.17, 15) is 4.79 Å². The number of nitrogens with zero attached hydrogens (tertiary/aromatic N) is 1. The number of aromatic nitrogens is 1. The van der Waals surface area contributed by atoms with Crippen molar-refractivity contribution in [3.05, 3.63) is 51.2 Å². The maximum atomic E-state index is 11.1.